The van der Waals surface area contributed by atoms with Gasteiger partial charge in [-0.15, -0.1) is 0 Å². The lowest BCUT2D eigenvalue weighted by atomic mass is 10.2. The van der Waals surface area contributed by atoms with Gasteiger partial charge in [-0.1, -0.05) is 41.9 Å². The van der Waals surface area contributed by atoms with Gasteiger partial charge in [-0.05, 0) is 48.4 Å². The van der Waals surface area contributed by atoms with Gasteiger partial charge in [0.1, 0.15) is 17.9 Å². The molecule has 0 unspecified atom stereocenters. The number of aryl methyl sites for hydroxylation is 1. The first-order valence-corrected chi connectivity index (χ1v) is 9.45. The van der Waals surface area contributed by atoms with Crippen LogP contribution in [0.4, 0.5) is 0 Å². The monoisotopic (exact) mass is 409 g/mol. The van der Waals surface area contributed by atoms with Crippen LogP contribution in [0.5, 0.6) is 5.75 Å². The lowest BCUT2D eigenvalue weighted by Gasteiger charge is -2.08. The van der Waals surface area contributed by atoms with E-state index in [0.717, 1.165) is 5.56 Å². The van der Waals surface area contributed by atoms with E-state index in [9.17, 15) is 9.59 Å². The summed E-state index contributed by atoms with van der Waals surface area (Å²) in [6.45, 7) is 2.73. The van der Waals surface area contributed by atoms with E-state index in [2.05, 4.69) is 10.5 Å². The second-order valence-corrected chi connectivity index (χ2v) is 6.58. The zero-order valence-electron chi connectivity index (χ0n) is 15.8. The number of nitrogens with zero attached hydrogens (tertiary/aromatic N) is 2. The molecule has 3 aromatic rings. The molecule has 0 saturated carbocycles. The second kappa shape index (κ2) is 9.71. The van der Waals surface area contributed by atoms with Gasteiger partial charge in [0.15, 0.2) is 0 Å². The van der Waals surface area contributed by atoms with Crippen molar-refractivity contribution in [1.29, 1.82) is 0 Å². The number of carbonyl (C=O) groups is 1. The van der Waals surface area contributed by atoms with Crippen molar-refractivity contribution in [3.63, 3.8) is 0 Å². The molecule has 1 amide bonds. The van der Waals surface area contributed by atoms with Crippen LogP contribution < -0.4 is 15.7 Å². The Morgan fingerprint density at radius 1 is 1.17 bits per heavy atom. The molecular formula is C22H20ClN3O3. The van der Waals surface area contributed by atoms with Crippen LogP contribution >= 0.6 is 11.6 Å². The number of benzene rings is 2. The van der Waals surface area contributed by atoms with Gasteiger partial charge in [0.05, 0.1) is 11.2 Å². The number of ether oxygens (including phenoxy) is 1. The molecule has 0 radical (unpaired) electrons. The summed E-state index contributed by atoms with van der Waals surface area (Å²) in [6, 6.07) is 18.1. The quantitative estimate of drug-likeness (QED) is 0.475. The Balaban J connectivity index is 1.61. The summed E-state index contributed by atoms with van der Waals surface area (Å²) in [5, 5.41) is 4.34. The zero-order chi connectivity index (χ0) is 20.6. The van der Waals surface area contributed by atoms with E-state index >= 15 is 0 Å². The third-order valence-corrected chi connectivity index (χ3v) is 4.47. The highest BCUT2D eigenvalue weighted by atomic mass is 35.5. The number of rotatable bonds is 7. The Bertz CT molecular complexity index is 1080. The Kier molecular flexibility index (Phi) is 6.81. The van der Waals surface area contributed by atoms with Crippen molar-refractivity contribution in [2.75, 3.05) is 0 Å². The van der Waals surface area contributed by atoms with Crippen molar-refractivity contribution < 1.29 is 9.53 Å². The third kappa shape index (κ3) is 5.33. The number of pyridine rings is 1. The summed E-state index contributed by atoms with van der Waals surface area (Å²) in [5.74, 6) is -0.0101. The van der Waals surface area contributed by atoms with Crippen LogP contribution in [0, 0.1) is 0 Å². The molecule has 6 nitrogen and oxygen atoms in total. The minimum Gasteiger partial charge on any atom is -0.487 e. The molecule has 0 atom stereocenters. The van der Waals surface area contributed by atoms with Gasteiger partial charge >= 0.3 is 0 Å². The van der Waals surface area contributed by atoms with Gasteiger partial charge in [0, 0.05) is 12.7 Å². The molecule has 1 heterocycles. The maximum absolute atomic E-state index is 12.2. The molecule has 2 aromatic carbocycles. The topological polar surface area (TPSA) is 72.7 Å². The fraction of sp³-hybridized carbons (Fsp3) is 0.136. The highest BCUT2D eigenvalue weighted by molar-refractivity contribution is 6.32. The number of amides is 1. The SMILES string of the molecule is CCn1cccc(C(=O)N/N=C\c2ccc(OCc3ccccc3)c(Cl)c2)c1=O. The van der Waals surface area contributed by atoms with Gasteiger partial charge in [-0.3, -0.25) is 9.59 Å². The largest absolute Gasteiger partial charge is 0.487 e. The van der Waals surface area contributed by atoms with Crippen molar-refractivity contribution >= 4 is 23.7 Å². The van der Waals surface area contributed by atoms with E-state index in [-0.39, 0.29) is 11.1 Å². The molecule has 0 saturated heterocycles. The average molecular weight is 410 g/mol. The standard InChI is InChI=1S/C22H20ClN3O3/c1-2-26-12-6-9-18(22(26)28)21(27)25-24-14-17-10-11-20(19(23)13-17)29-15-16-7-4-3-5-8-16/h3-14H,2,15H2,1H3,(H,25,27)/b24-14-. The first-order chi connectivity index (χ1) is 14.1. The number of hydrazone groups is 1. The van der Waals surface area contributed by atoms with Crippen molar-refractivity contribution in [2.45, 2.75) is 20.1 Å². The van der Waals surface area contributed by atoms with E-state index in [1.165, 1.54) is 16.8 Å². The predicted octanol–water partition coefficient (Wildman–Crippen LogP) is 3.86. The average Bonchev–Trinajstić information content (AvgIpc) is 2.74. The molecule has 0 aliphatic rings. The van der Waals surface area contributed by atoms with Gasteiger partial charge < -0.3 is 9.30 Å². The van der Waals surface area contributed by atoms with Crippen LogP contribution in [0.2, 0.25) is 5.02 Å². The Morgan fingerprint density at radius 2 is 1.97 bits per heavy atom. The van der Waals surface area contributed by atoms with Crippen LogP contribution in [-0.4, -0.2) is 16.7 Å². The minimum atomic E-state index is -0.567. The normalized spacial score (nSPS) is 10.8. The molecule has 1 N–H and O–H groups in total. The first kappa shape index (κ1) is 20.4. The van der Waals surface area contributed by atoms with Gasteiger partial charge in [-0.25, -0.2) is 5.43 Å². The lowest BCUT2D eigenvalue weighted by Crippen LogP contribution is -2.30. The minimum absolute atomic E-state index is 0.0363. The van der Waals surface area contributed by atoms with Crippen LogP contribution in [0.25, 0.3) is 0 Å². The second-order valence-electron chi connectivity index (χ2n) is 6.18. The van der Waals surface area contributed by atoms with Crippen molar-refractivity contribution in [3.8, 4) is 5.75 Å². The van der Waals surface area contributed by atoms with E-state index in [0.29, 0.717) is 29.5 Å². The number of halogens is 1. The van der Waals surface area contributed by atoms with E-state index in [1.807, 2.05) is 37.3 Å². The van der Waals surface area contributed by atoms with Gasteiger partial charge in [0.25, 0.3) is 11.5 Å². The maximum atomic E-state index is 12.2. The molecule has 0 aliphatic heterocycles. The molecule has 29 heavy (non-hydrogen) atoms. The summed E-state index contributed by atoms with van der Waals surface area (Å²) in [4.78, 5) is 24.3. The molecular weight excluding hydrogens is 390 g/mol. The summed E-state index contributed by atoms with van der Waals surface area (Å²) in [7, 11) is 0. The summed E-state index contributed by atoms with van der Waals surface area (Å²) >= 11 is 6.27. The molecule has 0 aliphatic carbocycles. The molecule has 3 rings (SSSR count). The predicted molar refractivity (Wildman–Crippen MR) is 114 cm³/mol. The first-order valence-electron chi connectivity index (χ1n) is 9.07. The Labute approximate surface area is 173 Å². The molecule has 7 heteroatoms. The van der Waals surface area contributed by atoms with Gasteiger partial charge in [-0.2, -0.15) is 5.10 Å². The number of hydrogen-bond donors (Lipinski definition) is 1. The molecule has 0 bridgehead atoms. The molecule has 1 aromatic heterocycles. The number of aromatic nitrogens is 1. The van der Waals surface area contributed by atoms with E-state index in [4.69, 9.17) is 16.3 Å². The fourth-order valence-electron chi connectivity index (χ4n) is 2.63. The van der Waals surface area contributed by atoms with Crippen molar-refractivity contribution in [3.05, 3.63) is 98.9 Å². The van der Waals surface area contributed by atoms with E-state index in [1.54, 1.807) is 30.5 Å². The summed E-state index contributed by atoms with van der Waals surface area (Å²) in [6.07, 6.45) is 3.08. The smallest absolute Gasteiger partial charge is 0.276 e. The molecule has 0 fully saturated rings. The zero-order valence-corrected chi connectivity index (χ0v) is 16.6. The summed E-state index contributed by atoms with van der Waals surface area (Å²) < 4.78 is 7.18. The third-order valence-electron chi connectivity index (χ3n) is 4.18. The fourth-order valence-corrected chi connectivity index (χ4v) is 2.88. The number of carbonyl (C=O) groups excluding carboxylic acids is 1. The highest BCUT2D eigenvalue weighted by Gasteiger charge is 2.10. The Hall–Kier alpha value is -3.38. The lowest BCUT2D eigenvalue weighted by molar-refractivity contribution is 0.0953. The maximum Gasteiger partial charge on any atom is 0.276 e. The highest BCUT2D eigenvalue weighted by Crippen LogP contribution is 2.25. The van der Waals surface area contributed by atoms with Crippen molar-refractivity contribution in [2.24, 2.45) is 5.10 Å². The molecule has 148 valence electrons. The van der Waals surface area contributed by atoms with Crippen LogP contribution in [-0.2, 0) is 13.2 Å². The Morgan fingerprint density at radius 3 is 2.69 bits per heavy atom. The van der Waals surface area contributed by atoms with Gasteiger partial charge in [0.2, 0.25) is 0 Å². The van der Waals surface area contributed by atoms with Crippen LogP contribution in [0.15, 0.2) is 76.8 Å². The molecule has 0 spiro atoms. The van der Waals surface area contributed by atoms with Crippen LogP contribution in [0.3, 0.4) is 0 Å². The van der Waals surface area contributed by atoms with E-state index < -0.39 is 5.91 Å². The van der Waals surface area contributed by atoms with Crippen molar-refractivity contribution in [1.82, 2.24) is 9.99 Å². The summed E-state index contributed by atoms with van der Waals surface area (Å²) in [5.41, 5.74) is 3.77. The van der Waals surface area contributed by atoms with Crippen LogP contribution in [0.1, 0.15) is 28.4 Å². The number of nitrogens with one attached hydrogen (secondary N) is 1. The number of hydrogen-bond acceptors (Lipinski definition) is 4.